The van der Waals surface area contributed by atoms with E-state index in [0.717, 1.165) is 33.3 Å². The molecular weight excluding hydrogens is 318 g/mol. The SMILES string of the molecule is CCn1nc(C)c(Br)c1Cn1nc(N)c2ccccc21. The van der Waals surface area contributed by atoms with Crippen LogP contribution in [0.1, 0.15) is 18.3 Å². The fourth-order valence-corrected chi connectivity index (χ4v) is 2.84. The number of anilines is 1. The normalized spacial score (nSPS) is 11.3. The van der Waals surface area contributed by atoms with E-state index in [0.29, 0.717) is 12.4 Å². The van der Waals surface area contributed by atoms with Gasteiger partial charge in [0.1, 0.15) is 0 Å². The first-order valence-corrected chi connectivity index (χ1v) is 7.34. The molecule has 2 aromatic heterocycles. The predicted octanol–water partition coefficient (Wildman–Crippen LogP) is 2.95. The largest absolute Gasteiger partial charge is 0.382 e. The van der Waals surface area contributed by atoms with Gasteiger partial charge in [0, 0.05) is 11.9 Å². The van der Waals surface area contributed by atoms with Crippen LogP contribution in [0.2, 0.25) is 0 Å². The van der Waals surface area contributed by atoms with Crippen LogP contribution < -0.4 is 5.73 Å². The lowest BCUT2D eigenvalue weighted by molar-refractivity contribution is 0.582. The molecule has 1 aromatic carbocycles. The minimum Gasteiger partial charge on any atom is -0.382 e. The van der Waals surface area contributed by atoms with Gasteiger partial charge in [-0.25, -0.2) is 0 Å². The van der Waals surface area contributed by atoms with Crippen molar-refractivity contribution in [2.75, 3.05) is 5.73 Å². The Morgan fingerprint density at radius 2 is 1.95 bits per heavy atom. The summed E-state index contributed by atoms with van der Waals surface area (Å²) in [5.74, 6) is 0.566. The number of halogens is 1. The van der Waals surface area contributed by atoms with E-state index in [4.69, 9.17) is 5.73 Å². The highest BCUT2D eigenvalue weighted by molar-refractivity contribution is 9.10. The smallest absolute Gasteiger partial charge is 0.153 e. The molecule has 3 rings (SSSR count). The van der Waals surface area contributed by atoms with Gasteiger partial charge in [0.2, 0.25) is 0 Å². The van der Waals surface area contributed by atoms with Gasteiger partial charge in [0.05, 0.1) is 27.9 Å². The van der Waals surface area contributed by atoms with Crippen LogP contribution in [-0.2, 0) is 13.1 Å². The van der Waals surface area contributed by atoms with Crippen LogP contribution in [0.25, 0.3) is 10.9 Å². The summed E-state index contributed by atoms with van der Waals surface area (Å²) >= 11 is 3.61. The number of fused-ring (bicyclic) bond motifs is 1. The molecule has 0 spiro atoms. The average molecular weight is 334 g/mol. The second-order valence-corrected chi connectivity index (χ2v) is 5.51. The molecule has 20 heavy (non-hydrogen) atoms. The highest BCUT2D eigenvalue weighted by Crippen LogP contribution is 2.25. The van der Waals surface area contributed by atoms with Crippen molar-refractivity contribution in [2.45, 2.75) is 26.9 Å². The van der Waals surface area contributed by atoms with Gasteiger partial charge in [0.25, 0.3) is 0 Å². The molecule has 2 N–H and O–H groups in total. The van der Waals surface area contributed by atoms with Gasteiger partial charge in [-0.05, 0) is 41.9 Å². The van der Waals surface area contributed by atoms with Crippen molar-refractivity contribution < 1.29 is 0 Å². The van der Waals surface area contributed by atoms with Crippen molar-refractivity contribution in [3.63, 3.8) is 0 Å². The van der Waals surface area contributed by atoms with Crippen molar-refractivity contribution in [3.8, 4) is 0 Å². The standard InChI is InChI=1S/C14H16BrN5/c1-3-19-12(13(15)9(2)17-19)8-20-11-7-5-4-6-10(11)14(16)18-20/h4-7H,3,8H2,1-2H3,(H2,16,18). The Morgan fingerprint density at radius 3 is 2.70 bits per heavy atom. The van der Waals surface area contributed by atoms with Gasteiger partial charge in [-0.2, -0.15) is 10.2 Å². The average Bonchev–Trinajstić information content (AvgIpc) is 2.92. The third-order valence-electron chi connectivity index (χ3n) is 3.44. The Kier molecular flexibility index (Phi) is 3.25. The molecule has 0 atom stereocenters. The lowest BCUT2D eigenvalue weighted by atomic mass is 10.2. The Balaban J connectivity index is 2.10. The molecule has 0 amide bonds. The zero-order chi connectivity index (χ0) is 14.3. The van der Waals surface area contributed by atoms with Crippen LogP contribution in [0.15, 0.2) is 28.7 Å². The van der Waals surface area contributed by atoms with E-state index in [9.17, 15) is 0 Å². The van der Waals surface area contributed by atoms with Crippen LogP contribution in [0.4, 0.5) is 5.82 Å². The lowest BCUT2D eigenvalue weighted by Gasteiger charge is -2.07. The van der Waals surface area contributed by atoms with Crippen molar-refractivity contribution >= 4 is 32.7 Å². The monoisotopic (exact) mass is 333 g/mol. The number of nitrogen functional groups attached to an aromatic ring is 1. The molecule has 6 heteroatoms. The zero-order valence-corrected chi connectivity index (χ0v) is 13.1. The zero-order valence-electron chi connectivity index (χ0n) is 11.5. The maximum atomic E-state index is 5.98. The van der Waals surface area contributed by atoms with Gasteiger partial charge in [-0.3, -0.25) is 9.36 Å². The molecule has 0 aliphatic heterocycles. The van der Waals surface area contributed by atoms with Crippen LogP contribution in [0.3, 0.4) is 0 Å². The first kappa shape index (κ1) is 13.2. The van der Waals surface area contributed by atoms with Gasteiger partial charge >= 0.3 is 0 Å². The number of aromatic nitrogens is 4. The second kappa shape index (κ2) is 4.94. The Morgan fingerprint density at radius 1 is 1.20 bits per heavy atom. The maximum Gasteiger partial charge on any atom is 0.153 e. The number of benzene rings is 1. The first-order chi connectivity index (χ1) is 9.61. The topological polar surface area (TPSA) is 61.7 Å². The summed E-state index contributed by atoms with van der Waals surface area (Å²) in [6, 6.07) is 8.00. The van der Waals surface area contributed by atoms with Crippen LogP contribution in [0, 0.1) is 6.92 Å². The Hall–Kier alpha value is -1.82. The van der Waals surface area contributed by atoms with E-state index in [-0.39, 0.29) is 0 Å². The molecular formula is C14H16BrN5. The maximum absolute atomic E-state index is 5.98. The number of nitrogens with two attached hydrogens (primary N) is 1. The number of hydrogen-bond acceptors (Lipinski definition) is 3. The van der Waals surface area contributed by atoms with Crippen molar-refractivity contribution in [1.82, 2.24) is 19.6 Å². The molecule has 0 aliphatic rings. The van der Waals surface area contributed by atoms with E-state index in [1.165, 1.54) is 0 Å². The number of nitrogens with zero attached hydrogens (tertiary/aromatic N) is 4. The highest BCUT2D eigenvalue weighted by Gasteiger charge is 2.15. The third-order valence-corrected chi connectivity index (χ3v) is 4.47. The molecule has 0 aliphatic carbocycles. The van der Waals surface area contributed by atoms with Crippen molar-refractivity contribution in [1.29, 1.82) is 0 Å². The van der Waals surface area contributed by atoms with Crippen molar-refractivity contribution in [3.05, 3.63) is 40.1 Å². The van der Waals surface area contributed by atoms with E-state index < -0.39 is 0 Å². The van der Waals surface area contributed by atoms with Crippen LogP contribution in [-0.4, -0.2) is 19.6 Å². The number of para-hydroxylation sites is 1. The molecule has 0 bridgehead atoms. The fraction of sp³-hybridized carbons (Fsp3) is 0.286. The predicted molar refractivity (Wildman–Crippen MR) is 83.6 cm³/mol. The quantitative estimate of drug-likeness (QED) is 0.801. The molecule has 0 saturated heterocycles. The minimum atomic E-state index is 0.566. The summed E-state index contributed by atoms with van der Waals surface area (Å²) in [7, 11) is 0. The van der Waals surface area contributed by atoms with Gasteiger partial charge in [-0.15, -0.1) is 0 Å². The third kappa shape index (κ3) is 2.00. The second-order valence-electron chi connectivity index (χ2n) is 4.72. The molecule has 0 fully saturated rings. The highest BCUT2D eigenvalue weighted by atomic mass is 79.9. The first-order valence-electron chi connectivity index (χ1n) is 6.54. The molecule has 0 radical (unpaired) electrons. The summed E-state index contributed by atoms with van der Waals surface area (Å²) in [5, 5.41) is 9.94. The molecule has 3 aromatic rings. The van der Waals surface area contributed by atoms with Crippen LogP contribution in [0.5, 0.6) is 0 Å². The number of aryl methyl sites for hydroxylation is 2. The fourth-order valence-electron chi connectivity index (χ4n) is 2.44. The summed E-state index contributed by atoms with van der Waals surface area (Å²) in [6.07, 6.45) is 0. The summed E-state index contributed by atoms with van der Waals surface area (Å²) in [4.78, 5) is 0. The van der Waals surface area contributed by atoms with Crippen LogP contribution >= 0.6 is 15.9 Å². The molecule has 104 valence electrons. The summed E-state index contributed by atoms with van der Waals surface area (Å²) in [6.45, 7) is 5.55. The minimum absolute atomic E-state index is 0.566. The van der Waals surface area contributed by atoms with E-state index in [1.807, 2.05) is 40.6 Å². The van der Waals surface area contributed by atoms with Crippen molar-refractivity contribution in [2.24, 2.45) is 0 Å². The van der Waals surface area contributed by atoms with E-state index >= 15 is 0 Å². The lowest BCUT2D eigenvalue weighted by Crippen LogP contribution is -2.09. The Bertz CT molecular complexity index is 771. The van der Waals surface area contributed by atoms with E-state index in [1.54, 1.807) is 0 Å². The molecule has 5 nitrogen and oxygen atoms in total. The number of rotatable bonds is 3. The molecule has 2 heterocycles. The molecule has 0 unspecified atom stereocenters. The Labute approximate surface area is 125 Å². The van der Waals surface area contributed by atoms with Gasteiger partial charge in [-0.1, -0.05) is 12.1 Å². The summed E-state index contributed by atoms with van der Waals surface area (Å²) < 4.78 is 4.96. The van der Waals surface area contributed by atoms with E-state index in [2.05, 4.69) is 33.1 Å². The van der Waals surface area contributed by atoms with Gasteiger partial charge in [0.15, 0.2) is 5.82 Å². The summed E-state index contributed by atoms with van der Waals surface area (Å²) in [5.41, 5.74) is 9.12. The van der Waals surface area contributed by atoms with Gasteiger partial charge < -0.3 is 5.73 Å². The number of hydrogen-bond donors (Lipinski definition) is 1. The molecule has 0 saturated carbocycles.